The highest BCUT2D eigenvalue weighted by Crippen LogP contribution is 2.36. The van der Waals surface area contributed by atoms with Gasteiger partial charge in [-0.3, -0.25) is 0 Å². The number of halogens is 3. The third-order valence-electron chi connectivity index (χ3n) is 1.81. The van der Waals surface area contributed by atoms with Crippen molar-refractivity contribution in [3.63, 3.8) is 0 Å². The van der Waals surface area contributed by atoms with Crippen molar-refractivity contribution in [1.82, 2.24) is 15.2 Å². The van der Waals surface area contributed by atoms with Crippen molar-refractivity contribution >= 4 is 34.8 Å². The third kappa shape index (κ3) is 2.04. The summed E-state index contributed by atoms with van der Waals surface area (Å²) in [6, 6.07) is 3.40. The van der Waals surface area contributed by atoms with Crippen molar-refractivity contribution < 1.29 is 0 Å². The van der Waals surface area contributed by atoms with Gasteiger partial charge in [0.2, 0.25) is 0 Å². The summed E-state index contributed by atoms with van der Waals surface area (Å²) in [6.07, 6.45) is 2.85. The summed E-state index contributed by atoms with van der Waals surface area (Å²) < 4.78 is 0. The van der Waals surface area contributed by atoms with Gasteiger partial charge in [0.1, 0.15) is 6.33 Å². The molecule has 0 spiro atoms. The van der Waals surface area contributed by atoms with E-state index >= 15 is 0 Å². The van der Waals surface area contributed by atoms with Crippen LogP contribution in [0.15, 0.2) is 24.7 Å². The molecule has 76 valence electrons. The van der Waals surface area contributed by atoms with E-state index in [1.807, 2.05) is 0 Å². The van der Waals surface area contributed by atoms with Gasteiger partial charge in [-0.05, 0) is 12.1 Å². The van der Waals surface area contributed by atoms with Gasteiger partial charge >= 0.3 is 0 Å². The lowest BCUT2D eigenvalue weighted by atomic mass is 10.2. The molecular weight excluding hydrogens is 256 g/mol. The number of hydrogen-bond donors (Lipinski definition) is 0. The van der Waals surface area contributed by atoms with E-state index in [1.54, 1.807) is 12.1 Å². The standard InChI is InChI=1S/C9H4Cl3N3/c10-6-2-1-5(8(11)9(6)12)7-3-14-15-4-13-7/h1-4H. The molecule has 0 aliphatic rings. The third-order valence-corrected chi connectivity index (χ3v) is 3.10. The van der Waals surface area contributed by atoms with Crippen LogP contribution in [0.4, 0.5) is 0 Å². The van der Waals surface area contributed by atoms with Gasteiger partial charge in [0.15, 0.2) is 0 Å². The molecule has 6 heteroatoms. The van der Waals surface area contributed by atoms with Crippen LogP contribution in [-0.4, -0.2) is 15.2 Å². The average Bonchev–Trinajstić information content (AvgIpc) is 2.27. The molecule has 1 aromatic heterocycles. The van der Waals surface area contributed by atoms with Crippen LogP contribution in [-0.2, 0) is 0 Å². The molecule has 0 aliphatic carbocycles. The maximum atomic E-state index is 6.03. The highest BCUT2D eigenvalue weighted by atomic mass is 35.5. The molecule has 0 unspecified atom stereocenters. The monoisotopic (exact) mass is 259 g/mol. The molecule has 2 rings (SSSR count). The molecule has 0 amide bonds. The van der Waals surface area contributed by atoms with Crippen molar-refractivity contribution in [2.24, 2.45) is 0 Å². The van der Waals surface area contributed by atoms with Crippen molar-refractivity contribution in [2.45, 2.75) is 0 Å². The molecule has 1 heterocycles. The molecule has 1 aromatic carbocycles. The van der Waals surface area contributed by atoms with Crippen LogP contribution in [0.3, 0.4) is 0 Å². The Kier molecular flexibility index (Phi) is 3.05. The minimum Gasteiger partial charge on any atom is -0.233 e. The smallest absolute Gasteiger partial charge is 0.138 e. The first-order valence-electron chi connectivity index (χ1n) is 3.96. The molecule has 2 aromatic rings. The van der Waals surface area contributed by atoms with Crippen LogP contribution in [0.5, 0.6) is 0 Å². The summed E-state index contributed by atoms with van der Waals surface area (Å²) in [5.74, 6) is 0. The Labute approximate surface area is 101 Å². The SMILES string of the molecule is Clc1ccc(-c2cnncn2)c(Cl)c1Cl. The van der Waals surface area contributed by atoms with Crippen LogP contribution >= 0.6 is 34.8 Å². The number of nitrogens with zero attached hydrogens (tertiary/aromatic N) is 3. The molecular formula is C9H4Cl3N3. The molecule has 0 radical (unpaired) electrons. The van der Waals surface area contributed by atoms with Crippen LogP contribution in [0.1, 0.15) is 0 Å². The van der Waals surface area contributed by atoms with Crippen LogP contribution in [0, 0.1) is 0 Å². The molecule has 3 nitrogen and oxygen atoms in total. The number of rotatable bonds is 1. The topological polar surface area (TPSA) is 38.7 Å². The van der Waals surface area contributed by atoms with Gasteiger partial charge in [-0.1, -0.05) is 34.8 Å². The Morgan fingerprint density at radius 2 is 1.73 bits per heavy atom. The first-order chi connectivity index (χ1) is 7.20. The van der Waals surface area contributed by atoms with Gasteiger partial charge in [-0.25, -0.2) is 4.98 Å². The molecule has 0 aliphatic heterocycles. The number of hydrogen-bond acceptors (Lipinski definition) is 3. The van der Waals surface area contributed by atoms with E-state index in [4.69, 9.17) is 34.8 Å². The summed E-state index contributed by atoms with van der Waals surface area (Å²) >= 11 is 17.7. The summed E-state index contributed by atoms with van der Waals surface area (Å²) in [5.41, 5.74) is 1.29. The van der Waals surface area contributed by atoms with Gasteiger partial charge in [0.05, 0.1) is 27.0 Å². The van der Waals surface area contributed by atoms with Crippen molar-refractivity contribution in [3.05, 3.63) is 39.7 Å². The number of aromatic nitrogens is 3. The Bertz CT molecular complexity index is 487. The zero-order chi connectivity index (χ0) is 10.8. The van der Waals surface area contributed by atoms with E-state index in [1.165, 1.54) is 12.5 Å². The second kappa shape index (κ2) is 4.31. The Morgan fingerprint density at radius 3 is 2.40 bits per heavy atom. The highest BCUT2D eigenvalue weighted by Gasteiger charge is 2.11. The van der Waals surface area contributed by atoms with Crippen molar-refractivity contribution in [1.29, 1.82) is 0 Å². The largest absolute Gasteiger partial charge is 0.233 e. The van der Waals surface area contributed by atoms with E-state index in [0.717, 1.165) is 0 Å². The van der Waals surface area contributed by atoms with Crippen LogP contribution in [0.2, 0.25) is 15.1 Å². The maximum Gasteiger partial charge on any atom is 0.138 e. The van der Waals surface area contributed by atoms with E-state index in [9.17, 15) is 0 Å². The predicted octanol–water partition coefficient (Wildman–Crippen LogP) is 3.50. The molecule has 0 bridgehead atoms. The Morgan fingerprint density at radius 1 is 0.933 bits per heavy atom. The lowest BCUT2D eigenvalue weighted by molar-refractivity contribution is 0.974. The van der Waals surface area contributed by atoms with Crippen molar-refractivity contribution in [2.75, 3.05) is 0 Å². The fourth-order valence-electron chi connectivity index (χ4n) is 1.10. The molecule has 0 atom stereocenters. The molecule has 0 fully saturated rings. The van der Waals surface area contributed by atoms with E-state index in [-0.39, 0.29) is 0 Å². The molecule has 0 saturated carbocycles. The Balaban J connectivity index is 2.60. The van der Waals surface area contributed by atoms with E-state index in [2.05, 4.69) is 15.2 Å². The minimum atomic E-state index is 0.314. The van der Waals surface area contributed by atoms with E-state index < -0.39 is 0 Å². The fourth-order valence-corrected chi connectivity index (χ4v) is 1.73. The Hall–Kier alpha value is -0.900. The maximum absolute atomic E-state index is 6.03. The van der Waals surface area contributed by atoms with Gasteiger partial charge in [-0.15, -0.1) is 5.10 Å². The number of benzene rings is 1. The van der Waals surface area contributed by atoms with Gasteiger partial charge in [0.25, 0.3) is 0 Å². The summed E-state index contributed by atoms with van der Waals surface area (Å²) in [4.78, 5) is 4.02. The minimum absolute atomic E-state index is 0.314. The van der Waals surface area contributed by atoms with Crippen LogP contribution < -0.4 is 0 Å². The summed E-state index contributed by atoms with van der Waals surface area (Å²) in [6.45, 7) is 0. The van der Waals surface area contributed by atoms with Crippen molar-refractivity contribution in [3.8, 4) is 11.3 Å². The summed E-state index contributed by atoms with van der Waals surface area (Å²) in [5, 5.41) is 8.37. The fraction of sp³-hybridized carbons (Fsp3) is 0. The zero-order valence-electron chi connectivity index (χ0n) is 7.28. The first-order valence-corrected chi connectivity index (χ1v) is 5.10. The lowest BCUT2D eigenvalue weighted by Crippen LogP contribution is -1.88. The molecule has 0 N–H and O–H groups in total. The molecule has 0 saturated heterocycles. The molecule has 15 heavy (non-hydrogen) atoms. The van der Waals surface area contributed by atoms with Gasteiger partial charge in [0, 0.05) is 5.56 Å². The lowest BCUT2D eigenvalue weighted by Gasteiger charge is -2.05. The second-order valence-electron chi connectivity index (χ2n) is 2.71. The predicted molar refractivity (Wildman–Crippen MR) is 60.3 cm³/mol. The first kappa shape index (κ1) is 10.6. The normalized spacial score (nSPS) is 10.3. The quantitative estimate of drug-likeness (QED) is 0.737. The van der Waals surface area contributed by atoms with Gasteiger partial charge in [-0.2, -0.15) is 5.10 Å². The average molecular weight is 261 g/mol. The highest BCUT2D eigenvalue weighted by molar-refractivity contribution is 6.49. The zero-order valence-corrected chi connectivity index (χ0v) is 9.55. The summed E-state index contributed by atoms with van der Waals surface area (Å²) in [7, 11) is 0. The van der Waals surface area contributed by atoms with Gasteiger partial charge < -0.3 is 0 Å². The van der Waals surface area contributed by atoms with Crippen LogP contribution in [0.25, 0.3) is 11.3 Å². The second-order valence-corrected chi connectivity index (χ2v) is 3.88. The van der Waals surface area contributed by atoms with E-state index in [0.29, 0.717) is 26.3 Å².